The van der Waals surface area contributed by atoms with Gasteiger partial charge in [-0.1, -0.05) is 30.3 Å². The van der Waals surface area contributed by atoms with E-state index in [0.29, 0.717) is 48.9 Å². The zero-order chi connectivity index (χ0) is 25.7. The SMILES string of the molecule is Cc1nc(NCc2ccccc2)nc2c1ccc(=O)n2-c1ccc(C(=O)NCCC[N+](C)(C)[O-])cc1. The highest BCUT2D eigenvalue weighted by Crippen LogP contribution is 2.20. The second kappa shape index (κ2) is 10.7. The lowest BCUT2D eigenvalue weighted by molar-refractivity contribution is -0.840. The largest absolute Gasteiger partial charge is 0.633 e. The van der Waals surface area contributed by atoms with Crippen LogP contribution in [0.25, 0.3) is 16.7 Å². The number of aryl methyl sites for hydroxylation is 1. The van der Waals surface area contributed by atoms with Gasteiger partial charge in [-0.25, -0.2) is 4.98 Å². The van der Waals surface area contributed by atoms with Gasteiger partial charge in [-0.05, 0) is 42.8 Å². The Morgan fingerprint density at radius 1 is 1.00 bits per heavy atom. The van der Waals surface area contributed by atoms with Crippen molar-refractivity contribution in [3.05, 3.63) is 99.1 Å². The van der Waals surface area contributed by atoms with Crippen LogP contribution in [0.4, 0.5) is 5.95 Å². The summed E-state index contributed by atoms with van der Waals surface area (Å²) in [5, 5.41) is 18.5. The molecule has 0 saturated heterocycles. The number of benzene rings is 2. The Kier molecular flexibility index (Phi) is 7.42. The molecule has 4 rings (SSSR count). The van der Waals surface area contributed by atoms with Crippen LogP contribution in [-0.4, -0.2) is 52.3 Å². The summed E-state index contributed by atoms with van der Waals surface area (Å²) in [5.74, 6) is 0.202. The van der Waals surface area contributed by atoms with Crippen LogP contribution in [0.15, 0.2) is 71.5 Å². The maximum absolute atomic E-state index is 12.9. The van der Waals surface area contributed by atoms with Crippen LogP contribution in [0.5, 0.6) is 0 Å². The summed E-state index contributed by atoms with van der Waals surface area (Å²) in [4.78, 5) is 34.6. The van der Waals surface area contributed by atoms with Gasteiger partial charge in [0, 0.05) is 36.5 Å². The van der Waals surface area contributed by atoms with E-state index in [1.807, 2.05) is 37.3 Å². The number of nitrogens with one attached hydrogen (secondary N) is 2. The van der Waals surface area contributed by atoms with Crippen molar-refractivity contribution in [2.24, 2.45) is 0 Å². The van der Waals surface area contributed by atoms with E-state index >= 15 is 0 Å². The van der Waals surface area contributed by atoms with Crippen molar-refractivity contribution in [3.8, 4) is 5.69 Å². The lowest BCUT2D eigenvalue weighted by Crippen LogP contribution is -2.35. The van der Waals surface area contributed by atoms with Crippen LogP contribution in [0, 0.1) is 12.1 Å². The second-order valence-corrected chi connectivity index (χ2v) is 9.17. The van der Waals surface area contributed by atoms with Crippen LogP contribution in [0.1, 0.15) is 28.0 Å². The summed E-state index contributed by atoms with van der Waals surface area (Å²) < 4.78 is 1.13. The molecule has 0 radical (unpaired) electrons. The molecule has 0 aliphatic carbocycles. The normalized spacial score (nSPS) is 11.4. The molecule has 0 aliphatic rings. The van der Waals surface area contributed by atoms with Crippen molar-refractivity contribution >= 4 is 22.9 Å². The minimum absolute atomic E-state index is 0.228. The number of hydrogen-bond donors (Lipinski definition) is 2. The van der Waals surface area contributed by atoms with Gasteiger partial charge in [0.2, 0.25) is 5.95 Å². The topological polar surface area (TPSA) is 112 Å². The Hall–Kier alpha value is -4.08. The van der Waals surface area contributed by atoms with E-state index in [1.54, 1.807) is 44.4 Å². The number of carbonyl (C=O) groups is 1. The lowest BCUT2D eigenvalue weighted by atomic mass is 10.1. The molecule has 9 heteroatoms. The third-order valence-electron chi connectivity index (χ3n) is 5.78. The van der Waals surface area contributed by atoms with Crippen LogP contribution < -0.4 is 16.2 Å². The molecule has 2 N–H and O–H groups in total. The summed E-state index contributed by atoms with van der Waals surface area (Å²) in [6, 6.07) is 19.9. The van der Waals surface area contributed by atoms with Crippen molar-refractivity contribution in [3.63, 3.8) is 0 Å². The molecule has 0 unspecified atom stereocenters. The molecule has 9 nitrogen and oxygen atoms in total. The number of hydrogen-bond acceptors (Lipinski definition) is 6. The number of carbonyl (C=O) groups excluding carboxylic acids is 1. The van der Waals surface area contributed by atoms with E-state index < -0.39 is 4.65 Å². The number of anilines is 1. The predicted octanol–water partition coefficient (Wildman–Crippen LogP) is 3.40. The Morgan fingerprint density at radius 3 is 2.42 bits per heavy atom. The molecule has 186 valence electrons. The molecule has 0 atom stereocenters. The van der Waals surface area contributed by atoms with Crippen molar-refractivity contribution in [1.29, 1.82) is 0 Å². The van der Waals surface area contributed by atoms with Crippen molar-refractivity contribution in [2.45, 2.75) is 19.9 Å². The Bertz CT molecular complexity index is 1410. The first-order valence-electron chi connectivity index (χ1n) is 11.8. The van der Waals surface area contributed by atoms with E-state index in [1.165, 1.54) is 10.6 Å². The molecule has 2 heterocycles. The first kappa shape index (κ1) is 25.0. The van der Waals surface area contributed by atoms with Crippen molar-refractivity contribution in [1.82, 2.24) is 19.9 Å². The summed E-state index contributed by atoms with van der Waals surface area (Å²) in [6.45, 7) is 3.28. The summed E-state index contributed by atoms with van der Waals surface area (Å²) in [7, 11) is 3.15. The zero-order valence-electron chi connectivity index (χ0n) is 20.7. The smallest absolute Gasteiger partial charge is 0.256 e. The summed E-state index contributed by atoms with van der Waals surface area (Å²) in [5.41, 5.74) is 3.17. The monoisotopic (exact) mass is 486 g/mol. The average molecular weight is 487 g/mol. The highest BCUT2D eigenvalue weighted by atomic mass is 16.5. The van der Waals surface area contributed by atoms with Crippen LogP contribution in [0.2, 0.25) is 0 Å². The number of fused-ring (bicyclic) bond motifs is 1. The Morgan fingerprint density at radius 2 is 1.72 bits per heavy atom. The van der Waals surface area contributed by atoms with Gasteiger partial charge in [-0.2, -0.15) is 4.98 Å². The standard InChI is InChI=1S/C27H30N6O3/c1-19-23-14-15-24(34)32(25(23)31-27(30-19)29-18-20-8-5-4-6-9-20)22-12-10-21(11-13-22)26(35)28-16-7-17-33(2,3)36/h4-6,8-15H,7,16-18H2,1-3H3,(H,28,35)(H,29,30,31). The molecule has 2 aromatic carbocycles. The van der Waals surface area contributed by atoms with Gasteiger partial charge in [-0.15, -0.1) is 0 Å². The quantitative estimate of drug-likeness (QED) is 0.213. The van der Waals surface area contributed by atoms with Gasteiger partial charge >= 0.3 is 0 Å². The average Bonchev–Trinajstić information content (AvgIpc) is 2.85. The second-order valence-electron chi connectivity index (χ2n) is 9.17. The molecule has 0 spiro atoms. The number of rotatable bonds is 9. The molecule has 1 amide bonds. The van der Waals surface area contributed by atoms with E-state index in [4.69, 9.17) is 0 Å². The first-order valence-corrected chi connectivity index (χ1v) is 11.8. The Labute approximate surface area is 209 Å². The number of quaternary nitrogens is 1. The van der Waals surface area contributed by atoms with E-state index in [2.05, 4.69) is 20.6 Å². The van der Waals surface area contributed by atoms with Gasteiger partial charge in [-0.3, -0.25) is 14.2 Å². The lowest BCUT2D eigenvalue weighted by Gasteiger charge is -2.33. The number of pyridine rings is 1. The summed E-state index contributed by atoms with van der Waals surface area (Å²) >= 11 is 0. The van der Waals surface area contributed by atoms with E-state index in [0.717, 1.165) is 16.6 Å². The van der Waals surface area contributed by atoms with Crippen LogP contribution in [-0.2, 0) is 6.54 Å². The van der Waals surface area contributed by atoms with Gasteiger partial charge in [0.1, 0.15) is 0 Å². The molecular weight excluding hydrogens is 456 g/mol. The van der Waals surface area contributed by atoms with E-state index in [-0.39, 0.29) is 11.5 Å². The molecule has 36 heavy (non-hydrogen) atoms. The molecule has 0 saturated carbocycles. The fraction of sp³-hybridized carbons (Fsp3) is 0.259. The molecule has 0 aliphatic heterocycles. The highest BCUT2D eigenvalue weighted by Gasteiger charge is 2.13. The minimum atomic E-state index is -0.392. The molecular formula is C27H30N6O3. The molecule has 4 aromatic rings. The van der Waals surface area contributed by atoms with Crippen molar-refractivity contribution in [2.75, 3.05) is 32.5 Å². The Balaban J connectivity index is 1.57. The number of hydroxylamine groups is 3. The van der Waals surface area contributed by atoms with Crippen LogP contribution >= 0.6 is 0 Å². The minimum Gasteiger partial charge on any atom is -0.633 e. The maximum atomic E-state index is 12.9. The predicted molar refractivity (Wildman–Crippen MR) is 141 cm³/mol. The van der Waals surface area contributed by atoms with Crippen LogP contribution in [0.3, 0.4) is 0 Å². The van der Waals surface area contributed by atoms with Crippen molar-refractivity contribution < 1.29 is 9.44 Å². The van der Waals surface area contributed by atoms with Gasteiger partial charge in [0.25, 0.3) is 11.5 Å². The summed E-state index contributed by atoms with van der Waals surface area (Å²) in [6.07, 6.45) is 0.589. The van der Waals surface area contributed by atoms with Gasteiger partial charge < -0.3 is 20.5 Å². The zero-order valence-corrected chi connectivity index (χ0v) is 20.7. The number of nitrogens with zero attached hydrogens (tertiary/aromatic N) is 4. The number of amides is 1. The number of aromatic nitrogens is 3. The fourth-order valence-corrected chi connectivity index (χ4v) is 3.90. The third-order valence-corrected chi connectivity index (χ3v) is 5.78. The third kappa shape index (κ3) is 6.12. The maximum Gasteiger partial charge on any atom is 0.256 e. The van der Waals surface area contributed by atoms with Gasteiger partial charge in [0.15, 0.2) is 5.65 Å². The highest BCUT2D eigenvalue weighted by molar-refractivity contribution is 5.94. The molecule has 0 fully saturated rings. The van der Waals surface area contributed by atoms with E-state index in [9.17, 15) is 14.8 Å². The molecule has 0 bridgehead atoms. The molecule has 2 aromatic heterocycles. The fourth-order valence-electron chi connectivity index (χ4n) is 3.90. The van der Waals surface area contributed by atoms with Gasteiger partial charge in [0.05, 0.1) is 32.0 Å². The first-order chi connectivity index (χ1) is 17.2.